The van der Waals surface area contributed by atoms with Crippen LogP contribution in [0.5, 0.6) is 0 Å². The third-order valence-corrected chi connectivity index (χ3v) is 6.92. The summed E-state index contributed by atoms with van der Waals surface area (Å²) in [5.41, 5.74) is 11.1. The molecule has 4 aromatic carbocycles. The lowest BCUT2D eigenvalue weighted by Crippen LogP contribution is -2.50. The van der Waals surface area contributed by atoms with Gasteiger partial charge < -0.3 is 20.5 Å². The van der Waals surface area contributed by atoms with Gasteiger partial charge in [0.2, 0.25) is 5.91 Å². The molecule has 7 heteroatoms. The number of carbonyl (C=O) groups excluding carboxylic acids is 3. The highest BCUT2D eigenvalue weighted by atomic mass is 16.5. The Labute approximate surface area is 253 Å². The second-order valence-electron chi connectivity index (χ2n) is 10.9. The number of hydrogen-bond donors (Lipinski definition) is 2. The summed E-state index contributed by atoms with van der Waals surface area (Å²) in [5, 5.41) is 2.77. The van der Waals surface area contributed by atoms with Crippen molar-refractivity contribution >= 4 is 17.8 Å². The maximum absolute atomic E-state index is 13.0. The summed E-state index contributed by atoms with van der Waals surface area (Å²) in [4.78, 5) is 38.5. The second kappa shape index (κ2) is 15.5. The smallest absolute Gasteiger partial charge is 0.338 e. The van der Waals surface area contributed by atoms with Crippen molar-refractivity contribution < 1.29 is 23.9 Å². The van der Waals surface area contributed by atoms with Gasteiger partial charge >= 0.3 is 11.9 Å². The molecule has 0 fully saturated rings. The van der Waals surface area contributed by atoms with Crippen molar-refractivity contribution in [1.82, 2.24) is 5.32 Å². The fourth-order valence-corrected chi connectivity index (χ4v) is 4.62. The lowest BCUT2D eigenvalue weighted by molar-refractivity contribution is -0.149. The van der Waals surface area contributed by atoms with E-state index in [1.165, 1.54) is 0 Å². The average molecular weight is 579 g/mol. The molecule has 0 aliphatic heterocycles. The van der Waals surface area contributed by atoms with Gasteiger partial charge in [0.15, 0.2) is 0 Å². The molecule has 222 valence electrons. The van der Waals surface area contributed by atoms with Crippen LogP contribution in [0.1, 0.15) is 47.3 Å². The van der Waals surface area contributed by atoms with Crippen LogP contribution in [0.15, 0.2) is 109 Å². The number of hydrogen-bond acceptors (Lipinski definition) is 6. The van der Waals surface area contributed by atoms with Crippen molar-refractivity contribution in [3.63, 3.8) is 0 Å². The molecular weight excluding hydrogens is 540 g/mol. The predicted molar refractivity (Wildman–Crippen MR) is 167 cm³/mol. The Kier molecular flexibility index (Phi) is 11.2. The van der Waals surface area contributed by atoms with Crippen LogP contribution in [-0.2, 0) is 38.7 Å². The van der Waals surface area contributed by atoms with Gasteiger partial charge in [0.25, 0.3) is 0 Å². The first-order chi connectivity index (χ1) is 20.8. The predicted octanol–water partition coefficient (Wildman–Crippen LogP) is 5.85. The van der Waals surface area contributed by atoms with Crippen molar-refractivity contribution in [3.8, 4) is 11.1 Å². The Bertz CT molecular complexity index is 1490. The van der Waals surface area contributed by atoms with Gasteiger partial charge in [-0.25, -0.2) is 9.59 Å². The molecule has 2 atom stereocenters. The summed E-state index contributed by atoms with van der Waals surface area (Å²) in [5.74, 6) is -1.31. The SMILES string of the molecule is CC(C)C[C@H](NC(=O)[C@@H](N)Cc1ccccc1)C(=O)OCc1cccc(C(=O)OCc2ccc(-c3ccccc3)cc2)c1. The molecule has 1 amide bonds. The third-order valence-electron chi connectivity index (χ3n) is 6.92. The molecule has 0 saturated heterocycles. The van der Waals surface area contributed by atoms with Gasteiger partial charge in [-0.1, -0.05) is 111 Å². The number of nitrogens with one attached hydrogen (secondary N) is 1. The summed E-state index contributed by atoms with van der Waals surface area (Å²) < 4.78 is 11.1. The minimum Gasteiger partial charge on any atom is -0.459 e. The van der Waals surface area contributed by atoms with Gasteiger partial charge in [0.05, 0.1) is 11.6 Å². The van der Waals surface area contributed by atoms with E-state index in [9.17, 15) is 14.4 Å². The van der Waals surface area contributed by atoms with E-state index in [1.807, 2.05) is 98.8 Å². The summed E-state index contributed by atoms with van der Waals surface area (Å²) in [6, 6.07) is 32.5. The number of rotatable bonds is 13. The maximum Gasteiger partial charge on any atom is 0.338 e. The molecule has 3 N–H and O–H groups in total. The first-order valence-corrected chi connectivity index (χ1v) is 14.5. The molecule has 0 unspecified atom stereocenters. The van der Waals surface area contributed by atoms with Crippen LogP contribution in [0.25, 0.3) is 11.1 Å². The zero-order chi connectivity index (χ0) is 30.6. The maximum atomic E-state index is 13.0. The molecule has 0 radical (unpaired) electrons. The van der Waals surface area contributed by atoms with Gasteiger partial charge in [-0.3, -0.25) is 4.79 Å². The van der Waals surface area contributed by atoms with Crippen LogP contribution in [0.2, 0.25) is 0 Å². The largest absolute Gasteiger partial charge is 0.459 e. The van der Waals surface area contributed by atoms with Crippen LogP contribution < -0.4 is 11.1 Å². The standard InChI is InChI=1S/C36H38N2O5/c1-25(2)20-33(38-34(39)32(37)22-26-10-5-3-6-11-26)36(41)43-24-28-12-9-15-31(21-28)35(40)42-23-27-16-18-30(19-17-27)29-13-7-4-8-14-29/h3-19,21,25,32-33H,20,22-24,37H2,1-2H3,(H,38,39)/t32-,33-/m0/s1. The Balaban J connectivity index is 1.29. The number of ether oxygens (including phenoxy) is 2. The van der Waals surface area contributed by atoms with E-state index in [2.05, 4.69) is 5.32 Å². The highest BCUT2D eigenvalue weighted by molar-refractivity contribution is 5.90. The third kappa shape index (κ3) is 9.65. The molecule has 0 saturated carbocycles. The van der Waals surface area contributed by atoms with Gasteiger partial charge in [-0.05, 0) is 58.7 Å². The van der Waals surface area contributed by atoms with Crippen molar-refractivity contribution in [2.75, 3.05) is 0 Å². The second-order valence-corrected chi connectivity index (χ2v) is 10.9. The summed E-state index contributed by atoms with van der Waals surface area (Å²) in [7, 11) is 0. The van der Waals surface area contributed by atoms with Crippen molar-refractivity contribution in [2.24, 2.45) is 11.7 Å². The van der Waals surface area contributed by atoms with E-state index in [0.29, 0.717) is 24.0 Å². The van der Waals surface area contributed by atoms with Crippen molar-refractivity contribution in [1.29, 1.82) is 0 Å². The van der Waals surface area contributed by atoms with Crippen LogP contribution in [0.3, 0.4) is 0 Å². The van der Waals surface area contributed by atoms with Crippen molar-refractivity contribution in [3.05, 3.63) is 131 Å². The van der Waals surface area contributed by atoms with E-state index in [-0.39, 0.29) is 19.1 Å². The molecule has 0 aliphatic carbocycles. The first kappa shape index (κ1) is 31.2. The molecule has 4 aromatic rings. The zero-order valence-corrected chi connectivity index (χ0v) is 24.6. The molecule has 0 aromatic heterocycles. The molecule has 0 aliphatic rings. The molecule has 0 heterocycles. The van der Waals surface area contributed by atoms with E-state index in [1.54, 1.807) is 24.3 Å². The summed E-state index contributed by atoms with van der Waals surface area (Å²) in [6.45, 7) is 4.00. The molecular formula is C36H38N2O5. The Morgan fingerprint density at radius 3 is 1.98 bits per heavy atom. The molecule has 0 spiro atoms. The minimum absolute atomic E-state index is 0.0541. The number of nitrogens with two attached hydrogens (primary N) is 1. The van der Waals surface area contributed by atoms with Crippen LogP contribution in [-0.4, -0.2) is 29.9 Å². The van der Waals surface area contributed by atoms with Crippen LogP contribution >= 0.6 is 0 Å². The van der Waals surface area contributed by atoms with Crippen LogP contribution in [0.4, 0.5) is 0 Å². The Morgan fingerprint density at radius 1 is 0.698 bits per heavy atom. The van der Waals surface area contributed by atoms with Gasteiger partial charge in [0.1, 0.15) is 19.3 Å². The molecule has 4 rings (SSSR count). The Morgan fingerprint density at radius 2 is 1.30 bits per heavy atom. The van der Waals surface area contributed by atoms with E-state index in [0.717, 1.165) is 22.3 Å². The van der Waals surface area contributed by atoms with Crippen LogP contribution in [0, 0.1) is 5.92 Å². The first-order valence-electron chi connectivity index (χ1n) is 14.5. The quantitative estimate of drug-likeness (QED) is 0.193. The monoisotopic (exact) mass is 578 g/mol. The fraction of sp³-hybridized carbons (Fsp3) is 0.250. The number of amides is 1. The average Bonchev–Trinajstić information content (AvgIpc) is 3.03. The van der Waals surface area contributed by atoms with Gasteiger partial charge in [-0.15, -0.1) is 0 Å². The van der Waals surface area contributed by atoms with E-state index >= 15 is 0 Å². The minimum atomic E-state index is -0.837. The number of benzene rings is 4. The molecule has 43 heavy (non-hydrogen) atoms. The van der Waals surface area contributed by atoms with E-state index < -0.39 is 29.9 Å². The highest BCUT2D eigenvalue weighted by Crippen LogP contribution is 2.20. The topological polar surface area (TPSA) is 108 Å². The molecule has 7 nitrogen and oxygen atoms in total. The summed E-state index contributed by atoms with van der Waals surface area (Å²) in [6.07, 6.45) is 0.763. The van der Waals surface area contributed by atoms with Crippen molar-refractivity contribution in [2.45, 2.75) is 52.0 Å². The number of carbonyl (C=O) groups is 3. The van der Waals surface area contributed by atoms with Gasteiger partial charge in [0, 0.05) is 0 Å². The molecule has 0 bridgehead atoms. The number of esters is 2. The normalized spacial score (nSPS) is 12.3. The Hall–Kier alpha value is -4.75. The van der Waals surface area contributed by atoms with E-state index in [4.69, 9.17) is 15.2 Å². The zero-order valence-electron chi connectivity index (χ0n) is 24.6. The summed E-state index contributed by atoms with van der Waals surface area (Å²) >= 11 is 0. The fourth-order valence-electron chi connectivity index (χ4n) is 4.62. The van der Waals surface area contributed by atoms with Gasteiger partial charge in [-0.2, -0.15) is 0 Å². The highest BCUT2D eigenvalue weighted by Gasteiger charge is 2.26. The lowest BCUT2D eigenvalue weighted by atomic mass is 10.0. The lowest BCUT2D eigenvalue weighted by Gasteiger charge is -2.21.